The molecule has 0 fully saturated rings. The van der Waals surface area contributed by atoms with Crippen LogP contribution in [-0.4, -0.2) is 39.2 Å². The zero-order chi connectivity index (χ0) is 13.1. The summed E-state index contributed by atoms with van der Waals surface area (Å²) in [5.74, 6) is 0.690. The third-order valence-corrected chi connectivity index (χ3v) is 2.24. The van der Waals surface area contributed by atoms with Crippen molar-refractivity contribution < 1.29 is 4.79 Å². The minimum atomic E-state index is -0.449. The fraction of sp³-hybridized carbons (Fsp3) is 0.200. The number of nitrogens with two attached hydrogens (primary N) is 2. The van der Waals surface area contributed by atoms with Gasteiger partial charge in [-0.1, -0.05) is 0 Å². The number of amides is 1. The molecule has 8 heteroatoms. The van der Waals surface area contributed by atoms with Crippen LogP contribution >= 0.6 is 0 Å². The van der Waals surface area contributed by atoms with Gasteiger partial charge in [-0.15, -0.1) is 0 Å². The van der Waals surface area contributed by atoms with Gasteiger partial charge in [-0.25, -0.2) is 4.68 Å². The lowest BCUT2D eigenvalue weighted by molar-refractivity contribution is -0.116. The van der Waals surface area contributed by atoms with Crippen molar-refractivity contribution >= 4 is 17.7 Å². The zero-order valence-electron chi connectivity index (χ0n) is 9.82. The largest absolute Gasteiger partial charge is 0.368 e. The smallest absolute Gasteiger partial charge is 0.236 e. The predicted octanol–water partition coefficient (Wildman–Crippen LogP) is -0.834. The van der Waals surface area contributed by atoms with Gasteiger partial charge in [-0.05, 0) is 6.07 Å². The summed E-state index contributed by atoms with van der Waals surface area (Å²) in [7, 11) is 1.69. The number of primary amides is 1. The summed E-state index contributed by atoms with van der Waals surface area (Å²) in [6.45, 7) is 0.0506. The van der Waals surface area contributed by atoms with E-state index in [1.54, 1.807) is 41.2 Å². The fourth-order valence-corrected chi connectivity index (χ4v) is 1.47. The monoisotopic (exact) mass is 247 g/mol. The summed E-state index contributed by atoms with van der Waals surface area (Å²) in [6.07, 6.45) is 3.37. The van der Waals surface area contributed by atoms with Gasteiger partial charge in [0.2, 0.25) is 11.9 Å². The standard InChI is InChI=1S/C10H13N7O/c1-16(6-7(11)18)8-5-9(15-10(12)14-8)17-4-2-3-13-17/h2-5H,6H2,1H3,(H2,11,18)(H2,12,14,15). The third kappa shape index (κ3) is 2.54. The summed E-state index contributed by atoms with van der Waals surface area (Å²) in [6, 6.07) is 3.44. The van der Waals surface area contributed by atoms with E-state index >= 15 is 0 Å². The van der Waals surface area contributed by atoms with E-state index in [9.17, 15) is 4.79 Å². The van der Waals surface area contributed by atoms with Gasteiger partial charge >= 0.3 is 0 Å². The van der Waals surface area contributed by atoms with Gasteiger partial charge in [0.15, 0.2) is 5.82 Å². The Balaban J connectivity index is 2.35. The van der Waals surface area contributed by atoms with E-state index in [0.717, 1.165) is 0 Å². The second kappa shape index (κ2) is 4.70. The quantitative estimate of drug-likeness (QED) is 0.728. The number of anilines is 2. The van der Waals surface area contributed by atoms with Crippen LogP contribution in [0.2, 0.25) is 0 Å². The van der Waals surface area contributed by atoms with Crippen molar-refractivity contribution in [3.63, 3.8) is 0 Å². The van der Waals surface area contributed by atoms with Crippen LogP contribution in [0.5, 0.6) is 0 Å². The van der Waals surface area contributed by atoms with Gasteiger partial charge in [0, 0.05) is 25.5 Å². The molecule has 2 aromatic heterocycles. The van der Waals surface area contributed by atoms with Gasteiger partial charge < -0.3 is 16.4 Å². The second-order valence-corrected chi connectivity index (χ2v) is 3.72. The molecule has 8 nitrogen and oxygen atoms in total. The number of nitrogens with zero attached hydrogens (tertiary/aromatic N) is 5. The maximum atomic E-state index is 10.9. The van der Waals surface area contributed by atoms with E-state index < -0.39 is 5.91 Å². The van der Waals surface area contributed by atoms with Crippen molar-refractivity contribution in [3.05, 3.63) is 24.5 Å². The molecule has 0 unspecified atom stereocenters. The number of aromatic nitrogens is 4. The van der Waals surface area contributed by atoms with Crippen molar-refractivity contribution in [2.45, 2.75) is 0 Å². The van der Waals surface area contributed by atoms with Crippen molar-refractivity contribution in [2.24, 2.45) is 5.73 Å². The first-order valence-corrected chi connectivity index (χ1v) is 5.20. The highest BCUT2D eigenvalue weighted by Gasteiger charge is 2.10. The van der Waals surface area contributed by atoms with Gasteiger partial charge in [0.05, 0.1) is 6.54 Å². The average Bonchev–Trinajstić information content (AvgIpc) is 2.80. The van der Waals surface area contributed by atoms with Crippen LogP contribution in [0.25, 0.3) is 5.82 Å². The molecular weight excluding hydrogens is 234 g/mol. The van der Waals surface area contributed by atoms with E-state index in [1.807, 2.05) is 0 Å². The Hall–Kier alpha value is -2.64. The van der Waals surface area contributed by atoms with Crippen LogP contribution < -0.4 is 16.4 Å². The Morgan fingerprint density at radius 3 is 2.89 bits per heavy atom. The highest BCUT2D eigenvalue weighted by atomic mass is 16.1. The maximum absolute atomic E-state index is 10.9. The molecule has 0 atom stereocenters. The first-order chi connectivity index (χ1) is 8.56. The summed E-state index contributed by atoms with van der Waals surface area (Å²) >= 11 is 0. The van der Waals surface area contributed by atoms with Gasteiger partial charge in [0.1, 0.15) is 5.82 Å². The Labute approximate surface area is 103 Å². The van der Waals surface area contributed by atoms with Crippen LogP contribution in [-0.2, 0) is 4.79 Å². The highest BCUT2D eigenvalue weighted by Crippen LogP contribution is 2.14. The molecule has 4 N–H and O–H groups in total. The molecule has 0 spiro atoms. The average molecular weight is 247 g/mol. The lowest BCUT2D eigenvalue weighted by atomic mass is 10.4. The predicted molar refractivity (Wildman–Crippen MR) is 66.0 cm³/mol. The normalized spacial score (nSPS) is 10.3. The lowest BCUT2D eigenvalue weighted by Gasteiger charge is -2.16. The topological polar surface area (TPSA) is 116 Å². The molecular formula is C10H13N7O. The first-order valence-electron chi connectivity index (χ1n) is 5.20. The van der Waals surface area contributed by atoms with Gasteiger partial charge in [-0.3, -0.25) is 4.79 Å². The van der Waals surface area contributed by atoms with E-state index in [1.165, 1.54) is 0 Å². The van der Waals surface area contributed by atoms with Crippen molar-refractivity contribution in [2.75, 3.05) is 24.2 Å². The summed E-state index contributed by atoms with van der Waals surface area (Å²) in [5, 5.41) is 4.05. The van der Waals surface area contributed by atoms with E-state index in [2.05, 4.69) is 15.1 Å². The van der Waals surface area contributed by atoms with Crippen LogP contribution in [0.1, 0.15) is 0 Å². The number of carbonyl (C=O) groups excluding carboxylic acids is 1. The number of rotatable bonds is 4. The molecule has 0 aromatic carbocycles. The lowest BCUT2D eigenvalue weighted by Crippen LogP contribution is -2.31. The fourth-order valence-electron chi connectivity index (χ4n) is 1.47. The number of likely N-dealkylation sites (N-methyl/N-ethyl adjacent to an activating group) is 1. The Bertz CT molecular complexity index is 551. The van der Waals surface area contributed by atoms with E-state index in [4.69, 9.17) is 11.5 Å². The Kier molecular flexibility index (Phi) is 3.09. The van der Waals surface area contributed by atoms with Crippen molar-refractivity contribution in [1.82, 2.24) is 19.7 Å². The number of carbonyl (C=O) groups is 1. The molecule has 2 heterocycles. The first kappa shape index (κ1) is 11.8. The number of hydrogen-bond donors (Lipinski definition) is 2. The van der Waals surface area contributed by atoms with Gasteiger partial charge in [-0.2, -0.15) is 15.1 Å². The van der Waals surface area contributed by atoms with Crippen molar-refractivity contribution in [1.29, 1.82) is 0 Å². The van der Waals surface area contributed by atoms with Crippen LogP contribution in [0.15, 0.2) is 24.5 Å². The molecule has 2 aromatic rings. The second-order valence-electron chi connectivity index (χ2n) is 3.72. The SMILES string of the molecule is CN(CC(N)=O)c1cc(-n2cccn2)nc(N)n1. The molecule has 0 saturated heterocycles. The van der Waals surface area contributed by atoms with Crippen LogP contribution in [0, 0.1) is 0 Å². The molecule has 0 saturated carbocycles. The molecule has 0 aliphatic heterocycles. The molecule has 94 valence electrons. The van der Waals surface area contributed by atoms with Crippen LogP contribution in [0.4, 0.5) is 11.8 Å². The maximum Gasteiger partial charge on any atom is 0.236 e. The molecule has 18 heavy (non-hydrogen) atoms. The minimum Gasteiger partial charge on any atom is -0.368 e. The van der Waals surface area contributed by atoms with E-state index in [0.29, 0.717) is 11.6 Å². The minimum absolute atomic E-state index is 0.0506. The number of hydrogen-bond acceptors (Lipinski definition) is 6. The molecule has 0 radical (unpaired) electrons. The Morgan fingerprint density at radius 2 is 2.28 bits per heavy atom. The summed E-state index contributed by atoms with van der Waals surface area (Å²) in [4.78, 5) is 20.6. The van der Waals surface area contributed by atoms with Crippen molar-refractivity contribution in [3.8, 4) is 5.82 Å². The summed E-state index contributed by atoms with van der Waals surface area (Å²) in [5.41, 5.74) is 10.8. The van der Waals surface area contributed by atoms with Crippen LogP contribution in [0.3, 0.4) is 0 Å². The Morgan fingerprint density at radius 1 is 1.50 bits per heavy atom. The third-order valence-electron chi connectivity index (χ3n) is 2.24. The molecule has 0 bridgehead atoms. The molecule has 2 rings (SSSR count). The molecule has 0 aliphatic carbocycles. The van der Waals surface area contributed by atoms with E-state index in [-0.39, 0.29) is 12.5 Å². The molecule has 1 amide bonds. The zero-order valence-corrected chi connectivity index (χ0v) is 9.82. The number of nitrogen functional groups attached to an aromatic ring is 1. The summed E-state index contributed by atoms with van der Waals surface area (Å²) < 4.78 is 1.56. The highest BCUT2D eigenvalue weighted by molar-refractivity contribution is 5.79. The van der Waals surface area contributed by atoms with Gasteiger partial charge in [0.25, 0.3) is 0 Å². The molecule has 0 aliphatic rings.